The van der Waals surface area contributed by atoms with Gasteiger partial charge in [-0.3, -0.25) is 35.3 Å². The maximum Gasteiger partial charge on any atom is 0.433 e. The lowest BCUT2D eigenvalue weighted by Gasteiger charge is -2.09. The van der Waals surface area contributed by atoms with E-state index in [2.05, 4.69) is 0 Å². The number of benzene rings is 1. The van der Waals surface area contributed by atoms with E-state index < -0.39 is 39.8 Å². The third-order valence-corrected chi connectivity index (χ3v) is 3.82. The number of nitro groups is 1. The van der Waals surface area contributed by atoms with E-state index in [1.165, 1.54) is 47.2 Å². The number of nitrogens with one attached hydrogen (secondary N) is 2. The van der Waals surface area contributed by atoms with Crippen LogP contribution < -0.4 is 16.4 Å². The molecule has 0 fully saturated rings. The number of amides is 2. The normalized spacial score (nSPS) is 10.4. The molecule has 2 N–H and O–H groups in total. The summed E-state index contributed by atoms with van der Waals surface area (Å²) in [4.78, 5) is 46.4. The molecule has 2 aromatic heterocycles. The van der Waals surface area contributed by atoms with Gasteiger partial charge in [-0.2, -0.15) is 0 Å². The van der Waals surface area contributed by atoms with Crippen molar-refractivity contribution in [2.75, 3.05) is 0 Å². The van der Waals surface area contributed by atoms with Crippen molar-refractivity contribution >= 4 is 17.7 Å². The van der Waals surface area contributed by atoms with E-state index in [0.29, 0.717) is 5.56 Å². The molecule has 0 radical (unpaired) electrons. The van der Waals surface area contributed by atoms with Crippen LogP contribution in [-0.4, -0.2) is 21.3 Å². The van der Waals surface area contributed by atoms with Crippen LogP contribution in [0.2, 0.25) is 0 Å². The van der Waals surface area contributed by atoms with Gasteiger partial charge in [-0.15, -0.1) is 0 Å². The Hall–Kier alpha value is -4.28. The van der Waals surface area contributed by atoms with Gasteiger partial charge in [0.2, 0.25) is 5.76 Å². The summed E-state index contributed by atoms with van der Waals surface area (Å²) in [6.07, 6.45) is 1.46. The van der Waals surface area contributed by atoms with Crippen molar-refractivity contribution in [3.8, 4) is 0 Å². The first-order chi connectivity index (χ1) is 13.8. The minimum absolute atomic E-state index is 0.114. The zero-order valence-electron chi connectivity index (χ0n) is 14.6. The number of aromatic nitrogens is 1. The highest BCUT2D eigenvalue weighted by atomic mass is 19.1. The number of halogens is 1. The molecule has 29 heavy (non-hydrogen) atoms. The molecule has 0 aliphatic rings. The lowest BCUT2D eigenvalue weighted by atomic mass is 10.2. The predicted octanol–water partition coefficient (Wildman–Crippen LogP) is 1.61. The summed E-state index contributed by atoms with van der Waals surface area (Å²) in [6.45, 7) is 0.114. The van der Waals surface area contributed by atoms with Gasteiger partial charge < -0.3 is 8.98 Å². The molecule has 0 saturated carbocycles. The van der Waals surface area contributed by atoms with E-state index in [9.17, 15) is 28.9 Å². The van der Waals surface area contributed by atoms with Crippen LogP contribution in [-0.2, 0) is 6.54 Å². The van der Waals surface area contributed by atoms with Gasteiger partial charge in [0.25, 0.3) is 11.5 Å². The molecule has 11 heteroatoms. The van der Waals surface area contributed by atoms with E-state index in [1.807, 2.05) is 10.9 Å². The number of nitrogens with zero attached hydrogens (tertiary/aromatic N) is 2. The molecule has 10 nitrogen and oxygen atoms in total. The predicted molar refractivity (Wildman–Crippen MR) is 96.5 cm³/mol. The average molecular weight is 400 g/mol. The molecule has 2 amide bonds. The summed E-state index contributed by atoms with van der Waals surface area (Å²) in [5.41, 5.74) is 3.83. The van der Waals surface area contributed by atoms with Crippen molar-refractivity contribution in [3.63, 3.8) is 0 Å². The van der Waals surface area contributed by atoms with Gasteiger partial charge in [-0.1, -0.05) is 12.1 Å². The van der Waals surface area contributed by atoms with E-state index in [1.54, 1.807) is 0 Å². The molecule has 0 unspecified atom stereocenters. The van der Waals surface area contributed by atoms with Crippen LogP contribution in [0.1, 0.15) is 26.5 Å². The summed E-state index contributed by atoms with van der Waals surface area (Å²) < 4.78 is 18.9. The number of furan rings is 1. The Morgan fingerprint density at radius 3 is 2.41 bits per heavy atom. The molecular formula is C18H13FN4O6. The molecule has 0 spiro atoms. The maximum absolute atomic E-state index is 13.0. The fourth-order valence-corrected chi connectivity index (χ4v) is 2.41. The van der Waals surface area contributed by atoms with E-state index >= 15 is 0 Å². The lowest BCUT2D eigenvalue weighted by molar-refractivity contribution is -0.402. The Labute approximate surface area is 161 Å². The fourth-order valence-electron chi connectivity index (χ4n) is 2.41. The Balaban J connectivity index is 1.69. The molecule has 3 rings (SSSR count). The number of hydrogen-bond donors (Lipinski definition) is 2. The Morgan fingerprint density at radius 1 is 1.07 bits per heavy atom. The molecule has 0 aliphatic heterocycles. The van der Waals surface area contributed by atoms with Crippen molar-refractivity contribution in [2.45, 2.75) is 6.54 Å². The van der Waals surface area contributed by atoms with Crippen LogP contribution in [0.25, 0.3) is 0 Å². The van der Waals surface area contributed by atoms with Crippen LogP contribution in [0.15, 0.2) is 63.9 Å². The second-order valence-corrected chi connectivity index (χ2v) is 5.78. The van der Waals surface area contributed by atoms with Crippen molar-refractivity contribution in [3.05, 3.63) is 97.9 Å². The topological polar surface area (TPSA) is 136 Å². The van der Waals surface area contributed by atoms with Gasteiger partial charge in [0.15, 0.2) is 0 Å². The van der Waals surface area contributed by atoms with E-state index in [-0.39, 0.29) is 12.1 Å². The monoisotopic (exact) mass is 400 g/mol. The Bertz CT molecular complexity index is 1140. The highest BCUT2D eigenvalue weighted by Crippen LogP contribution is 2.15. The van der Waals surface area contributed by atoms with Gasteiger partial charge in [0, 0.05) is 6.20 Å². The third kappa shape index (κ3) is 4.53. The standard InChI is InChI=1S/C18H13FN4O6/c19-12-5-3-11(4-6-12)10-22-9-1-2-13(18(22)26)16(24)20-21-17(25)14-7-8-15(29-14)23(27)28/h1-9H,10H2,(H,20,24)(H,21,25). The lowest BCUT2D eigenvalue weighted by Crippen LogP contribution is -2.44. The van der Waals surface area contributed by atoms with Gasteiger partial charge in [0.05, 0.1) is 12.6 Å². The quantitative estimate of drug-likeness (QED) is 0.493. The van der Waals surface area contributed by atoms with Crippen molar-refractivity contribution in [1.82, 2.24) is 15.4 Å². The van der Waals surface area contributed by atoms with Gasteiger partial charge in [-0.25, -0.2) is 4.39 Å². The highest BCUT2D eigenvalue weighted by Gasteiger charge is 2.19. The number of pyridine rings is 1. The zero-order chi connectivity index (χ0) is 21.0. The summed E-state index contributed by atoms with van der Waals surface area (Å²) >= 11 is 0. The number of rotatable bonds is 5. The minimum atomic E-state index is -0.936. The average Bonchev–Trinajstić information content (AvgIpc) is 3.20. The van der Waals surface area contributed by atoms with Crippen LogP contribution in [0.5, 0.6) is 0 Å². The molecule has 0 atom stereocenters. The van der Waals surface area contributed by atoms with Crippen molar-refractivity contribution < 1.29 is 23.3 Å². The van der Waals surface area contributed by atoms with Crippen LogP contribution in [0, 0.1) is 15.9 Å². The van der Waals surface area contributed by atoms with Crippen molar-refractivity contribution in [2.24, 2.45) is 0 Å². The highest BCUT2D eigenvalue weighted by molar-refractivity contribution is 5.97. The van der Waals surface area contributed by atoms with Crippen LogP contribution >= 0.6 is 0 Å². The molecule has 3 aromatic rings. The number of hydrogen-bond acceptors (Lipinski definition) is 6. The minimum Gasteiger partial charge on any atom is -0.395 e. The number of hydrazine groups is 1. The molecular weight excluding hydrogens is 387 g/mol. The summed E-state index contributed by atoms with van der Waals surface area (Å²) in [5, 5.41) is 10.6. The van der Waals surface area contributed by atoms with Crippen LogP contribution in [0.4, 0.5) is 10.3 Å². The maximum atomic E-state index is 13.0. The second-order valence-electron chi connectivity index (χ2n) is 5.78. The molecule has 148 valence electrons. The summed E-state index contributed by atoms with van der Waals surface area (Å²) in [6, 6.07) is 10.3. The molecule has 0 bridgehead atoms. The first-order valence-corrected chi connectivity index (χ1v) is 8.14. The van der Waals surface area contributed by atoms with Crippen molar-refractivity contribution in [1.29, 1.82) is 0 Å². The molecule has 0 aliphatic carbocycles. The SMILES string of the molecule is O=C(NNC(=O)c1cccn(Cc2ccc(F)cc2)c1=O)c1ccc([N+](=O)[O-])o1. The third-order valence-electron chi connectivity index (χ3n) is 3.82. The number of carbonyl (C=O) groups excluding carboxylic acids is 2. The summed E-state index contributed by atoms with van der Waals surface area (Å²) in [7, 11) is 0. The van der Waals surface area contributed by atoms with Gasteiger partial charge in [0.1, 0.15) is 16.3 Å². The zero-order valence-corrected chi connectivity index (χ0v) is 14.6. The second kappa shape index (κ2) is 8.17. The van der Waals surface area contributed by atoms with Gasteiger partial charge in [-0.05, 0) is 35.9 Å². The number of carbonyl (C=O) groups is 2. The Kier molecular flexibility index (Phi) is 5.49. The molecule has 0 saturated heterocycles. The summed E-state index contributed by atoms with van der Waals surface area (Å²) in [5.74, 6) is -3.26. The largest absolute Gasteiger partial charge is 0.433 e. The molecule has 1 aromatic carbocycles. The Morgan fingerprint density at radius 2 is 1.76 bits per heavy atom. The molecule has 2 heterocycles. The van der Waals surface area contributed by atoms with E-state index in [0.717, 1.165) is 12.1 Å². The smallest absolute Gasteiger partial charge is 0.395 e. The first kappa shape index (κ1) is 19.5. The van der Waals surface area contributed by atoms with E-state index in [4.69, 9.17) is 4.42 Å². The van der Waals surface area contributed by atoms with Gasteiger partial charge >= 0.3 is 11.8 Å². The fraction of sp³-hybridized carbons (Fsp3) is 0.0556. The first-order valence-electron chi connectivity index (χ1n) is 8.14. The van der Waals surface area contributed by atoms with Crippen LogP contribution in [0.3, 0.4) is 0 Å².